The number of carbonyl (C=O) groups is 2. The minimum absolute atomic E-state index is 0. The van der Waals surface area contributed by atoms with Crippen LogP contribution in [0.15, 0.2) is 12.2 Å². The van der Waals surface area contributed by atoms with E-state index in [9.17, 15) is 22.8 Å². The number of esters is 1. The van der Waals surface area contributed by atoms with Crippen molar-refractivity contribution in [2.75, 3.05) is 0 Å². The topological polar surface area (TPSA) is 55.4 Å². The minimum Gasteiger partial charge on any atom is -0.458 e. The quantitative estimate of drug-likeness (QED) is 0.512. The molecule has 29 heavy (non-hydrogen) atoms. The first-order chi connectivity index (χ1) is 13.0. The molecule has 0 spiro atoms. The maximum absolute atomic E-state index is 12.4. The van der Waals surface area contributed by atoms with Gasteiger partial charge >= 0.3 is 35.1 Å². The Morgan fingerprint density at radius 2 is 1.48 bits per heavy atom. The molecule has 0 aromatic heterocycles. The van der Waals surface area contributed by atoms with E-state index >= 15 is 0 Å². The number of rotatable bonds is 5. The van der Waals surface area contributed by atoms with Crippen LogP contribution in [0.5, 0.6) is 0 Å². The molecule has 2 aliphatic carbocycles. The summed E-state index contributed by atoms with van der Waals surface area (Å²) < 4.78 is 42.2. The monoisotopic (exact) mass is 451 g/mol. The number of hydrogen-bond acceptors (Lipinski definition) is 3. The Bertz CT molecular complexity index is 513. The first-order valence-corrected chi connectivity index (χ1v) is 8.64. The summed E-state index contributed by atoms with van der Waals surface area (Å²) in [6.07, 6.45) is 15.2. The summed E-state index contributed by atoms with van der Waals surface area (Å²) >= 11 is 0. The van der Waals surface area contributed by atoms with Gasteiger partial charge in [-0.25, -0.2) is 4.79 Å². The summed E-state index contributed by atoms with van der Waals surface area (Å²) in [5.74, 6) is -2.24. The van der Waals surface area contributed by atoms with Gasteiger partial charge in [-0.2, -0.15) is 13.2 Å². The Kier molecular flexibility index (Phi) is 12.9. The molecule has 1 N–H and O–H groups in total. The maximum Gasteiger partial charge on any atom is 2.00 e. The van der Waals surface area contributed by atoms with Crippen LogP contribution >= 0.6 is 0 Å². The van der Waals surface area contributed by atoms with Crippen molar-refractivity contribution in [1.82, 2.24) is 5.32 Å². The SMILES string of the molecule is CC(C)(C)OC(=O)C(C/C=C/[C]1[CH][CH][CH][CH]1)NC(=O)C(F)(F)F.[CH]1[CH][CH][CH][CH]1.[Fe+2]. The van der Waals surface area contributed by atoms with Crippen molar-refractivity contribution < 1.29 is 44.6 Å². The fraction of sp³-hybridized carbons (Fsp3) is 0.333. The van der Waals surface area contributed by atoms with E-state index in [2.05, 4.69) is 0 Å². The molecule has 2 saturated carbocycles. The fourth-order valence-corrected chi connectivity index (χ4v) is 1.99. The van der Waals surface area contributed by atoms with Crippen LogP contribution in [-0.4, -0.2) is 29.7 Å². The van der Waals surface area contributed by atoms with Crippen LogP contribution in [0.25, 0.3) is 0 Å². The first-order valence-electron chi connectivity index (χ1n) is 8.64. The predicted octanol–water partition coefficient (Wildman–Crippen LogP) is 3.75. The van der Waals surface area contributed by atoms with Gasteiger partial charge in [0, 0.05) is 5.92 Å². The average molecular weight is 451 g/mol. The molecule has 0 aliphatic heterocycles. The zero-order valence-corrected chi connectivity index (χ0v) is 17.5. The van der Waals surface area contributed by atoms with Crippen LogP contribution in [0.3, 0.4) is 0 Å². The number of nitrogens with one attached hydrogen (secondary N) is 1. The number of halogens is 3. The van der Waals surface area contributed by atoms with E-state index < -0.39 is 29.7 Å². The number of allylic oxidation sites excluding steroid dienone is 1. The Labute approximate surface area is 182 Å². The molecule has 0 heterocycles. The van der Waals surface area contributed by atoms with Gasteiger partial charge in [-0.1, -0.05) is 12.2 Å². The third-order valence-electron chi connectivity index (χ3n) is 3.18. The zero-order valence-electron chi connectivity index (χ0n) is 16.3. The number of ether oxygens (including phenoxy) is 1. The summed E-state index contributed by atoms with van der Waals surface area (Å²) in [5.41, 5.74) is -0.867. The summed E-state index contributed by atoms with van der Waals surface area (Å²) in [4.78, 5) is 23.0. The first kappa shape index (κ1) is 28.0. The summed E-state index contributed by atoms with van der Waals surface area (Å²) in [6.45, 7) is 4.77. The molecule has 2 aliphatic rings. The van der Waals surface area contributed by atoms with E-state index in [0.717, 1.165) is 5.92 Å². The molecule has 2 rings (SSSR count). The Morgan fingerprint density at radius 1 is 1.00 bits per heavy atom. The van der Waals surface area contributed by atoms with Crippen molar-refractivity contribution in [1.29, 1.82) is 0 Å². The molecule has 0 saturated heterocycles. The summed E-state index contributed by atoms with van der Waals surface area (Å²) in [7, 11) is 0. The van der Waals surface area contributed by atoms with Crippen LogP contribution in [-0.2, 0) is 31.4 Å². The smallest absolute Gasteiger partial charge is 0.458 e. The molecule has 0 aromatic carbocycles. The van der Waals surface area contributed by atoms with Crippen molar-refractivity contribution in [3.05, 3.63) is 75.9 Å². The van der Waals surface area contributed by atoms with Crippen LogP contribution in [0.2, 0.25) is 0 Å². The largest absolute Gasteiger partial charge is 2.00 e. The second-order valence-electron chi connectivity index (χ2n) is 6.88. The van der Waals surface area contributed by atoms with Crippen molar-refractivity contribution in [3.8, 4) is 0 Å². The van der Waals surface area contributed by atoms with E-state index in [1.165, 1.54) is 6.08 Å². The Morgan fingerprint density at radius 3 is 1.90 bits per heavy atom. The normalized spacial score (nSPS) is 18.6. The van der Waals surface area contributed by atoms with E-state index in [0.29, 0.717) is 0 Å². The van der Waals surface area contributed by atoms with E-state index in [1.807, 2.05) is 32.1 Å². The van der Waals surface area contributed by atoms with Gasteiger partial charge in [0.1, 0.15) is 11.6 Å². The number of hydrogen-bond donors (Lipinski definition) is 1. The number of amides is 1. The van der Waals surface area contributed by atoms with Gasteiger partial charge in [0.2, 0.25) is 0 Å². The number of alkyl halides is 3. The molecule has 1 unspecified atom stereocenters. The van der Waals surface area contributed by atoms with Crippen molar-refractivity contribution >= 4 is 11.9 Å². The summed E-state index contributed by atoms with van der Waals surface area (Å²) in [5, 5.41) is 1.67. The molecule has 2 fully saturated rings. The summed E-state index contributed by atoms with van der Waals surface area (Å²) in [6, 6.07) is -1.41. The molecular weight excluding hydrogens is 427 g/mol. The molecule has 1 amide bonds. The van der Waals surface area contributed by atoms with Crippen LogP contribution in [0, 0.1) is 63.7 Å². The van der Waals surface area contributed by atoms with Gasteiger partial charge in [-0.3, -0.25) is 4.79 Å². The molecule has 0 bridgehead atoms. The van der Waals surface area contributed by atoms with E-state index in [-0.39, 0.29) is 23.5 Å². The molecule has 8 heteroatoms. The van der Waals surface area contributed by atoms with Crippen LogP contribution in [0.1, 0.15) is 27.2 Å². The van der Waals surface area contributed by atoms with Gasteiger partial charge < -0.3 is 10.1 Å². The zero-order chi connectivity index (χ0) is 21.2. The molecule has 1 atom stereocenters. The molecule has 10 radical (unpaired) electrons. The third kappa shape index (κ3) is 13.0. The standard InChI is InChI=1S/C16H19F3NO3.C5H5.Fe/c1-15(2,3)23-13(21)12(20-14(22)16(17,18)19)10-6-9-11-7-4-5-8-11;1-2-4-5-3-1;/h4-9,12H,10H2,1-3H3,(H,20,22);1-5H;/q;;+2/b9-6+;;. The second kappa shape index (κ2) is 13.3. The van der Waals surface area contributed by atoms with Crippen LogP contribution in [0.4, 0.5) is 13.2 Å². The van der Waals surface area contributed by atoms with Crippen molar-refractivity contribution in [2.24, 2.45) is 0 Å². The third-order valence-corrected chi connectivity index (χ3v) is 3.18. The molecular formula is C21H24F3FeNO3+2. The average Bonchev–Trinajstić information content (AvgIpc) is 3.27. The van der Waals surface area contributed by atoms with Gasteiger partial charge in [0.15, 0.2) is 0 Å². The maximum atomic E-state index is 12.4. The van der Waals surface area contributed by atoms with E-state index in [1.54, 1.807) is 57.8 Å². The van der Waals surface area contributed by atoms with Crippen molar-refractivity contribution in [3.63, 3.8) is 0 Å². The molecule has 0 aromatic rings. The van der Waals surface area contributed by atoms with Crippen molar-refractivity contribution in [2.45, 2.75) is 45.0 Å². The van der Waals surface area contributed by atoms with Gasteiger partial charge in [-0.05, 0) is 85.0 Å². The van der Waals surface area contributed by atoms with Gasteiger partial charge in [0.25, 0.3) is 0 Å². The Hall–Kier alpha value is -1.01. The van der Waals surface area contributed by atoms with Gasteiger partial charge in [-0.15, -0.1) is 0 Å². The molecule has 4 nitrogen and oxygen atoms in total. The predicted molar refractivity (Wildman–Crippen MR) is 99.5 cm³/mol. The minimum atomic E-state index is -5.06. The second-order valence-corrected chi connectivity index (χ2v) is 6.88. The number of carbonyl (C=O) groups excluding carboxylic acids is 2. The molecule has 158 valence electrons. The van der Waals surface area contributed by atoms with Gasteiger partial charge in [0.05, 0.1) is 0 Å². The Balaban J connectivity index is 0.00000113. The van der Waals surface area contributed by atoms with Crippen LogP contribution < -0.4 is 5.32 Å². The van der Waals surface area contributed by atoms with E-state index in [4.69, 9.17) is 4.74 Å². The fourth-order valence-electron chi connectivity index (χ4n) is 1.99.